The molecule has 0 saturated carbocycles. The first kappa shape index (κ1) is 22.4. The lowest BCUT2D eigenvalue weighted by atomic mass is 9.87. The van der Waals surface area contributed by atoms with Crippen LogP contribution in [-0.4, -0.2) is 49.5 Å². The number of nitrogens with one attached hydrogen (secondary N) is 3. The highest BCUT2D eigenvalue weighted by Gasteiger charge is 2.41. The standard InChI is InChI=1S/C18H25N5O3S.ClH/c24-17(18(7-10-19-11-8-18)23-13-4-9-21-23)20-12-14-27(25,26)22-15-16-5-2-1-3-6-16;/h1-6,9,13,19,22H,7-8,10-12,14-15H2,(H,20,24);1H. The molecule has 1 amide bonds. The van der Waals surface area contributed by atoms with Gasteiger partial charge in [-0.2, -0.15) is 5.10 Å². The van der Waals surface area contributed by atoms with E-state index in [2.05, 4.69) is 20.5 Å². The van der Waals surface area contributed by atoms with E-state index < -0.39 is 15.6 Å². The van der Waals surface area contributed by atoms with Crippen molar-refractivity contribution in [2.75, 3.05) is 25.4 Å². The number of hydrogen-bond donors (Lipinski definition) is 3. The third-order valence-corrected chi connectivity index (χ3v) is 6.12. The molecule has 0 unspecified atom stereocenters. The number of nitrogens with zero attached hydrogens (tertiary/aromatic N) is 2. The second-order valence-corrected chi connectivity index (χ2v) is 8.54. The van der Waals surface area contributed by atoms with Crippen LogP contribution in [-0.2, 0) is 26.9 Å². The van der Waals surface area contributed by atoms with Crippen molar-refractivity contribution in [3.05, 3.63) is 54.4 Å². The van der Waals surface area contributed by atoms with Crippen LogP contribution in [0, 0.1) is 0 Å². The first-order chi connectivity index (χ1) is 13.0. The Labute approximate surface area is 171 Å². The number of aromatic nitrogens is 2. The minimum Gasteiger partial charge on any atom is -0.353 e. The lowest BCUT2D eigenvalue weighted by Gasteiger charge is -2.36. The average Bonchev–Trinajstić information content (AvgIpc) is 3.23. The molecule has 2 heterocycles. The highest BCUT2D eigenvalue weighted by atomic mass is 35.5. The van der Waals surface area contributed by atoms with Crippen LogP contribution < -0.4 is 15.4 Å². The summed E-state index contributed by atoms with van der Waals surface area (Å²) in [5.74, 6) is -0.357. The molecule has 0 bridgehead atoms. The molecule has 1 aliphatic rings. The van der Waals surface area contributed by atoms with Crippen molar-refractivity contribution in [1.82, 2.24) is 25.1 Å². The second-order valence-electron chi connectivity index (χ2n) is 6.61. The first-order valence-electron chi connectivity index (χ1n) is 9.02. The Kier molecular flexibility index (Phi) is 7.99. The summed E-state index contributed by atoms with van der Waals surface area (Å²) >= 11 is 0. The van der Waals surface area contributed by atoms with Gasteiger partial charge in [0, 0.05) is 25.5 Å². The third-order valence-electron chi connectivity index (χ3n) is 4.79. The minimum atomic E-state index is -3.48. The lowest BCUT2D eigenvalue weighted by molar-refractivity contribution is -0.131. The molecule has 3 N–H and O–H groups in total. The van der Waals surface area contributed by atoms with Gasteiger partial charge in [0.15, 0.2) is 0 Å². The number of sulfonamides is 1. The molecule has 28 heavy (non-hydrogen) atoms. The van der Waals surface area contributed by atoms with Crippen molar-refractivity contribution < 1.29 is 13.2 Å². The largest absolute Gasteiger partial charge is 0.353 e. The number of benzene rings is 1. The Hall–Kier alpha value is -1.94. The molecular weight excluding hydrogens is 402 g/mol. The second kappa shape index (κ2) is 10.0. The van der Waals surface area contributed by atoms with Gasteiger partial charge in [-0.3, -0.25) is 9.48 Å². The molecule has 154 valence electrons. The zero-order valence-corrected chi connectivity index (χ0v) is 17.1. The van der Waals surface area contributed by atoms with Crippen LogP contribution in [0.25, 0.3) is 0 Å². The van der Waals surface area contributed by atoms with Crippen LogP contribution in [0.15, 0.2) is 48.8 Å². The molecule has 0 aliphatic carbocycles. The number of carbonyl (C=O) groups is 1. The maximum absolute atomic E-state index is 12.9. The van der Waals surface area contributed by atoms with Gasteiger partial charge in [-0.05, 0) is 37.6 Å². The number of piperidine rings is 1. The monoisotopic (exact) mass is 427 g/mol. The quantitative estimate of drug-likeness (QED) is 0.572. The van der Waals surface area contributed by atoms with Crippen molar-refractivity contribution in [2.24, 2.45) is 0 Å². The average molecular weight is 428 g/mol. The van der Waals surface area contributed by atoms with Crippen LogP contribution in [0.4, 0.5) is 0 Å². The predicted octanol–water partition coefficient (Wildman–Crippen LogP) is 0.619. The van der Waals surface area contributed by atoms with E-state index in [-0.39, 0.29) is 37.2 Å². The molecule has 10 heteroatoms. The molecule has 0 radical (unpaired) electrons. The van der Waals surface area contributed by atoms with Gasteiger partial charge in [0.05, 0.1) is 5.75 Å². The molecule has 0 atom stereocenters. The Bertz CT molecular complexity index is 837. The summed E-state index contributed by atoms with van der Waals surface area (Å²) in [7, 11) is -3.48. The van der Waals surface area contributed by atoms with Gasteiger partial charge in [0.2, 0.25) is 15.9 Å². The maximum atomic E-state index is 12.9. The minimum absolute atomic E-state index is 0. The highest BCUT2D eigenvalue weighted by Crippen LogP contribution is 2.27. The lowest BCUT2D eigenvalue weighted by Crippen LogP contribution is -2.55. The van der Waals surface area contributed by atoms with Gasteiger partial charge >= 0.3 is 0 Å². The normalized spacial score (nSPS) is 16.1. The first-order valence-corrected chi connectivity index (χ1v) is 10.7. The molecule has 1 fully saturated rings. The van der Waals surface area contributed by atoms with Gasteiger partial charge in [0.1, 0.15) is 5.54 Å². The van der Waals surface area contributed by atoms with Gasteiger partial charge < -0.3 is 10.6 Å². The van der Waals surface area contributed by atoms with Crippen LogP contribution in [0.5, 0.6) is 0 Å². The van der Waals surface area contributed by atoms with Crippen LogP contribution >= 0.6 is 12.4 Å². The van der Waals surface area contributed by atoms with E-state index in [0.29, 0.717) is 25.9 Å². The van der Waals surface area contributed by atoms with E-state index >= 15 is 0 Å². The van der Waals surface area contributed by atoms with Gasteiger partial charge in [-0.25, -0.2) is 13.1 Å². The van der Waals surface area contributed by atoms with Gasteiger partial charge in [-0.1, -0.05) is 30.3 Å². The van der Waals surface area contributed by atoms with E-state index in [1.807, 2.05) is 30.3 Å². The summed E-state index contributed by atoms with van der Waals surface area (Å²) in [6.45, 7) is 1.72. The van der Waals surface area contributed by atoms with E-state index in [9.17, 15) is 13.2 Å². The fraction of sp³-hybridized carbons (Fsp3) is 0.444. The summed E-state index contributed by atoms with van der Waals surface area (Å²) in [5.41, 5.74) is 0.119. The zero-order chi connectivity index (χ0) is 19.2. The smallest absolute Gasteiger partial charge is 0.248 e. The van der Waals surface area contributed by atoms with Crippen molar-refractivity contribution in [2.45, 2.75) is 24.9 Å². The molecule has 8 nitrogen and oxygen atoms in total. The van der Waals surface area contributed by atoms with Gasteiger partial charge in [0.25, 0.3) is 0 Å². The molecule has 1 aromatic carbocycles. The molecule has 2 aromatic rings. The Morgan fingerprint density at radius 3 is 2.54 bits per heavy atom. The van der Waals surface area contributed by atoms with E-state index in [1.54, 1.807) is 23.1 Å². The Morgan fingerprint density at radius 1 is 1.18 bits per heavy atom. The number of halogens is 1. The number of rotatable bonds is 8. The van der Waals surface area contributed by atoms with Crippen LogP contribution in [0.2, 0.25) is 0 Å². The summed E-state index contributed by atoms with van der Waals surface area (Å²) < 4.78 is 28.6. The summed E-state index contributed by atoms with van der Waals surface area (Å²) in [6.07, 6.45) is 4.65. The number of hydrogen-bond acceptors (Lipinski definition) is 5. The highest BCUT2D eigenvalue weighted by molar-refractivity contribution is 7.89. The van der Waals surface area contributed by atoms with Crippen LogP contribution in [0.1, 0.15) is 18.4 Å². The Morgan fingerprint density at radius 2 is 1.89 bits per heavy atom. The number of amides is 1. The molecular formula is C18H26ClN5O3S. The van der Waals surface area contributed by atoms with Crippen molar-refractivity contribution in [3.63, 3.8) is 0 Å². The molecule has 0 spiro atoms. The summed E-state index contributed by atoms with van der Waals surface area (Å²) in [4.78, 5) is 12.9. The fourth-order valence-electron chi connectivity index (χ4n) is 3.25. The topological polar surface area (TPSA) is 105 Å². The number of carbonyl (C=O) groups excluding carboxylic acids is 1. The van der Waals surface area contributed by atoms with Crippen molar-refractivity contribution in [1.29, 1.82) is 0 Å². The molecule has 1 aliphatic heterocycles. The van der Waals surface area contributed by atoms with Gasteiger partial charge in [-0.15, -0.1) is 12.4 Å². The SMILES string of the molecule is Cl.O=C(NCCS(=O)(=O)NCc1ccccc1)C1(n2cccn2)CCNCC1. The van der Waals surface area contributed by atoms with Crippen LogP contribution in [0.3, 0.4) is 0 Å². The maximum Gasteiger partial charge on any atom is 0.248 e. The summed E-state index contributed by atoms with van der Waals surface area (Å²) in [5, 5.41) is 10.3. The molecule has 1 aromatic heterocycles. The zero-order valence-electron chi connectivity index (χ0n) is 15.5. The molecule has 1 saturated heterocycles. The van der Waals surface area contributed by atoms with E-state index in [0.717, 1.165) is 5.56 Å². The van der Waals surface area contributed by atoms with Crippen molar-refractivity contribution >= 4 is 28.3 Å². The Balaban J connectivity index is 0.00000280. The van der Waals surface area contributed by atoms with Crippen molar-refractivity contribution in [3.8, 4) is 0 Å². The van der Waals surface area contributed by atoms with E-state index in [1.165, 1.54) is 0 Å². The van der Waals surface area contributed by atoms with E-state index in [4.69, 9.17) is 0 Å². The fourth-order valence-corrected chi connectivity index (χ4v) is 4.15. The predicted molar refractivity (Wildman–Crippen MR) is 110 cm³/mol. The third kappa shape index (κ3) is 5.54. The summed E-state index contributed by atoms with van der Waals surface area (Å²) in [6, 6.07) is 11.1. The molecule has 3 rings (SSSR count).